The van der Waals surface area contributed by atoms with Crippen LogP contribution in [0, 0.1) is 5.92 Å². The highest BCUT2D eigenvalue weighted by molar-refractivity contribution is 5.38. The maximum atomic E-state index is 3.58. The van der Waals surface area contributed by atoms with Crippen LogP contribution in [0.5, 0.6) is 0 Å². The molecule has 0 fully saturated rings. The van der Waals surface area contributed by atoms with Gasteiger partial charge in [0.05, 0.1) is 0 Å². The van der Waals surface area contributed by atoms with Gasteiger partial charge in [-0.05, 0) is 40.4 Å². The van der Waals surface area contributed by atoms with Gasteiger partial charge in [-0.25, -0.2) is 0 Å². The van der Waals surface area contributed by atoms with Crippen LogP contribution >= 0.6 is 0 Å². The smallest absolute Gasteiger partial charge is 0.0208 e. The summed E-state index contributed by atoms with van der Waals surface area (Å²) in [5, 5.41) is 3.58. The van der Waals surface area contributed by atoms with Gasteiger partial charge in [0, 0.05) is 13.1 Å². The minimum absolute atomic E-state index is 0.250. The Balaban J connectivity index is 2.31. The van der Waals surface area contributed by atoms with Crippen molar-refractivity contribution in [3.05, 3.63) is 34.9 Å². The predicted octanol–water partition coefficient (Wildman–Crippen LogP) is 4.22. The van der Waals surface area contributed by atoms with Crippen molar-refractivity contribution in [3.63, 3.8) is 0 Å². The van der Waals surface area contributed by atoms with Gasteiger partial charge in [-0.2, -0.15) is 0 Å². The Hall–Kier alpha value is -0.820. The van der Waals surface area contributed by atoms with E-state index in [1.165, 1.54) is 17.5 Å². The van der Waals surface area contributed by atoms with Gasteiger partial charge in [0.15, 0.2) is 0 Å². The third-order valence-electron chi connectivity index (χ3n) is 3.91. The third-order valence-corrected chi connectivity index (χ3v) is 3.91. The molecule has 1 aliphatic heterocycles. The van der Waals surface area contributed by atoms with Gasteiger partial charge in [0.25, 0.3) is 0 Å². The van der Waals surface area contributed by atoms with Gasteiger partial charge in [0.1, 0.15) is 0 Å². The molecule has 1 nitrogen and oxygen atoms in total. The Morgan fingerprint density at radius 2 is 2.00 bits per heavy atom. The molecule has 100 valence electrons. The topological polar surface area (TPSA) is 12.0 Å². The molecule has 1 aliphatic rings. The van der Waals surface area contributed by atoms with Crippen LogP contribution in [0.4, 0.5) is 0 Å². The second-order valence-electron chi connectivity index (χ2n) is 7.12. The molecule has 0 spiro atoms. The van der Waals surface area contributed by atoms with Crippen LogP contribution in [-0.2, 0) is 12.0 Å². The first-order valence-corrected chi connectivity index (χ1v) is 7.22. The molecule has 0 bridgehead atoms. The summed E-state index contributed by atoms with van der Waals surface area (Å²) in [6.07, 6.45) is 1.29. The van der Waals surface area contributed by atoms with Crippen molar-refractivity contribution < 1.29 is 0 Å². The summed E-state index contributed by atoms with van der Waals surface area (Å²) in [5.74, 6) is 1.47. The maximum absolute atomic E-state index is 3.58. The van der Waals surface area contributed by atoms with Gasteiger partial charge in [-0.1, -0.05) is 52.8 Å². The van der Waals surface area contributed by atoms with Crippen LogP contribution in [-0.4, -0.2) is 6.54 Å². The molecule has 1 unspecified atom stereocenters. The lowest BCUT2D eigenvalue weighted by Gasteiger charge is -2.30. The Morgan fingerprint density at radius 1 is 1.28 bits per heavy atom. The van der Waals surface area contributed by atoms with Gasteiger partial charge >= 0.3 is 0 Å². The summed E-state index contributed by atoms with van der Waals surface area (Å²) in [6.45, 7) is 13.7. The molecule has 0 saturated carbocycles. The molecule has 0 aromatic heterocycles. The highest BCUT2D eigenvalue weighted by Gasteiger charge is 2.23. The first kappa shape index (κ1) is 13.6. The van der Waals surface area contributed by atoms with E-state index >= 15 is 0 Å². The zero-order valence-corrected chi connectivity index (χ0v) is 12.5. The van der Waals surface area contributed by atoms with Crippen LogP contribution in [0.1, 0.15) is 63.6 Å². The lowest BCUT2D eigenvalue weighted by Crippen LogP contribution is -2.29. The van der Waals surface area contributed by atoms with Crippen molar-refractivity contribution in [2.24, 2.45) is 5.92 Å². The second kappa shape index (κ2) is 5.05. The first-order chi connectivity index (χ1) is 8.38. The van der Waals surface area contributed by atoms with Gasteiger partial charge in [0.2, 0.25) is 0 Å². The SMILES string of the molecule is CC(C)CC1CNCc2cc(C(C)(C)C)ccc21. The molecule has 18 heavy (non-hydrogen) atoms. The van der Waals surface area contributed by atoms with E-state index in [4.69, 9.17) is 0 Å². The molecule has 1 N–H and O–H groups in total. The number of hydrogen-bond donors (Lipinski definition) is 1. The Labute approximate surface area is 112 Å². The lowest BCUT2D eigenvalue weighted by atomic mass is 9.80. The standard InChI is InChI=1S/C17H27N/c1-12(2)8-13-10-18-11-14-9-15(17(3,4)5)6-7-16(13)14/h6-7,9,12-13,18H,8,10-11H2,1-5H3. The molecular formula is C17H27N. The molecule has 1 atom stereocenters. The van der Waals surface area contributed by atoms with Crippen LogP contribution in [0.2, 0.25) is 0 Å². The molecule has 0 saturated heterocycles. The van der Waals surface area contributed by atoms with Crippen LogP contribution in [0.3, 0.4) is 0 Å². The van der Waals surface area contributed by atoms with Crippen LogP contribution < -0.4 is 5.32 Å². The molecule has 0 amide bonds. The van der Waals surface area contributed by atoms with Gasteiger partial charge in [-0.3, -0.25) is 0 Å². The van der Waals surface area contributed by atoms with E-state index < -0.39 is 0 Å². The molecule has 1 heterocycles. The fraction of sp³-hybridized carbons (Fsp3) is 0.647. The average Bonchev–Trinajstić information content (AvgIpc) is 2.27. The summed E-state index contributed by atoms with van der Waals surface area (Å²) in [6, 6.07) is 7.12. The summed E-state index contributed by atoms with van der Waals surface area (Å²) in [4.78, 5) is 0. The predicted molar refractivity (Wildman–Crippen MR) is 79.0 cm³/mol. The normalized spacial score (nSPS) is 20.0. The zero-order valence-electron chi connectivity index (χ0n) is 12.5. The Kier molecular flexibility index (Phi) is 3.82. The van der Waals surface area contributed by atoms with E-state index in [1.54, 1.807) is 5.56 Å². The summed E-state index contributed by atoms with van der Waals surface area (Å²) >= 11 is 0. The minimum Gasteiger partial charge on any atom is -0.312 e. The maximum Gasteiger partial charge on any atom is 0.0208 e. The van der Waals surface area contributed by atoms with Crippen molar-refractivity contribution in [1.29, 1.82) is 0 Å². The quantitative estimate of drug-likeness (QED) is 0.822. The lowest BCUT2D eigenvalue weighted by molar-refractivity contribution is 0.447. The van der Waals surface area contributed by atoms with Gasteiger partial charge in [-0.15, -0.1) is 0 Å². The third kappa shape index (κ3) is 2.95. The number of nitrogens with one attached hydrogen (secondary N) is 1. The highest BCUT2D eigenvalue weighted by Crippen LogP contribution is 2.32. The second-order valence-corrected chi connectivity index (χ2v) is 7.12. The molecule has 0 radical (unpaired) electrons. The Bertz CT molecular complexity index is 412. The van der Waals surface area contributed by atoms with Crippen molar-refractivity contribution in [1.82, 2.24) is 5.32 Å². The number of hydrogen-bond acceptors (Lipinski definition) is 1. The molecule has 0 aliphatic carbocycles. The molecule has 1 heteroatoms. The Morgan fingerprint density at radius 3 is 2.61 bits per heavy atom. The highest BCUT2D eigenvalue weighted by atomic mass is 14.9. The zero-order chi connectivity index (χ0) is 13.3. The molecule has 2 rings (SSSR count). The van der Waals surface area contributed by atoms with Crippen LogP contribution in [0.25, 0.3) is 0 Å². The summed E-state index contributed by atoms with van der Waals surface area (Å²) in [5.41, 5.74) is 4.79. The van der Waals surface area contributed by atoms with Gasteiger partial charge < -0.3 is 5.32 Å². The van der Waals surface area contributed by atoms with E-state index in [0.29, 0.717) is 5.92 Å². The first-order valence-electron chi connectivity index (χ1n) is 7.22. The monoisotopic (exact) mass is 245 g/mol. The van der Waals surface area contributed by atoms with E-state index in [9.17, 15) is 0 Å². The fourth-order valence-corrected chi connectivity index (χ4v) is 2.89. The fourth-order valence-electron chi connectivity index (χ4n) is 2.89. The summed E-state index contributed by atoms with van der Waals surface area (Å²) < 4.78 is 0. The molecule has 1 aromatic rings. The number of fused-ring (bicyclic) bond motifs is 1. The largest absolute Gasteiger partial charge is 0.312 e. The summed E-state index contributed by atoms with van der Waals surface area (Å²) in [7, 11) is 0. The van der Waals surface area contributed by atoms with E-state index in [1.807, 2.05) is 0 Å². The van der Waals surface area contributed by atoms with Crippen molar-refractivity contribution in [2.75, 3.05) is 6.54 Å². The van der Waals surface area contributed by atoms with Crippen molar-refractivity contribution in [3.8, 4) is 0 Å². The average molecular weight is 245 g/mol. The number of rotatable bonds is 2. The van der Waals surface area contributed by atoms with Crippen molar-refractivity contribution >= 4 is 0 Å². The van der Waals surface area contributed by atoms with E-state index in [0.717, 1.165) is 19.0 Å². The van der Waals surface area contributed by atoms with Crippen molar-refractivity contribution in [2.45, 2.75) is 58.9 Å². The molecular weight excluding hydrogens is 218 g/mol. The number of benzene rings is 1. The minimum atomic E-state index is 0.250. The molecule has 1 aromatic carbocycles. The van der Waals surface area contributed by atoms with Crippen LogP contribution in [0.15, 0.2) is 18.2 Å². The van der Waals surface area contributed by atoms with E-state index in [-0.39, 0.29) is 5.41 Å². The van der Waals surface area contributed by atoms with E-state index in [2.05, 4.69) is 58.1 Å².